The molecule has 0 radical (unpaired) electrons. The van der Waals surface area contributed by atoms with E-state index in [4.69, 9.17) is 11.6 Å². The second kappa shape index (κ2) is 8.48. The van der Waals surface area contributed by atoms with E-state index >= 15 is 0 Å². The summed E-state index contributed by atoms with van der Waals surface area (Å²) in [6.45, 7) is 5.88. The molecule has 31 heavy (non-hydrogen) atoms. The van der Waals surface area contributed by atoms with Gasteiger partial charge in [0.2, 0.25) is 0 Å². The minimum atomic E-state index is -0.283. The van der Waals surface area contributed by atoms with Crippen LogP contribution in [0.25, 0.3) is 5.57 Å². The Balaban J connectivity index is 1.80. The summed E-state index contributed by atoms with van der Waals surface area (Å²) in [6, 6.07) is 13.2. The molecule has 1 fully saturated rings. The molecule has 2 aromatic rings. The van der Waals surface area contributed by atoms with E-state index in [9.17, 15) is 9.59 Å². The van der Waals surface area contributed by atoms with Crippen LogP contribution in [0.4, 0.5) is 5.69 Å². The monoisotopic (exact) mass is 437 g/mol. The first-order valence-corrected chi connectivity index (χ1v) is 11.0. The van der Waals surface area contributed by atoms with Gasteiger partial charge in [0.1, 0.15) is 5.70 Å². The number of amides is 2. The molecular formula is C25H28ClN3O2. The number of likely N-dealkylation sites (N-methyl/N-ethyl adjacent to an activating group) is 1. The highest BCUT2D eigenvalue weighted by molar-refractivity contribution is 6.45. The van der Waals surface area contributed by atoms with Crippen LogP contribution in [0.3, 0.4) is 0 Å². The average Bonchev–Trinajstić information content (AvgIpc) is 2.99. The summed E-state index contributed by atoms with van der Waals surface area (Å²) in [5, 5.41) is 0.595. The molecule has 6 heteroatoms. The predicted molar refractivity (Wildman–Crippen MR) is 125 cm³/mol. The number of hydrogen-bond acceptors (Lipinski definition) is 4. The van der Waals surface area contributed by atoms with Crippen LogP contribution < -0.4 is 4.90 Å². The normalized spacial score (nSPS) is 18.3. The number of aryl methyl sites for hydroxylation is 2. The molecule has 2 heterocycles. The highest BCUT2D eigenvalue weighted by atomic mass is 35.5. The van der Waals surface area contributed by atoms with Crippen molar-refractivity contribution in [3.05, 3.63) is 69.9 Å². The summed E-state index contributed by atoms with van der Waals surface area (Å²) in [5.41, 5.74) is 4.27. The minimum absolute atomic E-state index is 0.212. The second-order valence-corrected chi connectivity index (χ2v) is 9.05. The number of carbonyl (C=O) groups is 2. The van der Waals surface area contributed by atoms with Crippen LogP contribution in [-0.4, -0.2) is 54.8 Å². The summed E-state index contributed by atoms with van der Waals surface area (Å²) < 4.78 is 0. The maximum absolute atomic E-state index is 13.7. The molecule has 0 saturated carbocycles. The lowest BCUT2D eigenvalue weighted by Crippen LogP contribution is -2.43. The maximum Gasteiger partial charge on any atom is 0.282 e. The number of rotatable bonds is 4. The molecule has 162 valence electrons. The third kappa shape index (κ3) is 4.00. The molecule has 5 nitrogen and oxygen atoms in total. The van der Waals surface area contributed by atoms with Crippen molar-refractivity contribution in [1.82, 2.24) is 9.80 Å². The first-order chi connectivity index (χ1) is 14.8. The van der Waals surface area contributed by atoms with Crippen molar-refractivity contribution in [3.63, 3.8) is 0 Å². The summed E-state index contributed by atoms with van der Waals surface area (Å²) in [4.78, 5) is 33.0. The highest BCUT2D eigenvalue weighted by Crippen LogP contribution is 2.37. The van der Waals surface area contributed by atoms with Crippen LogP contribution in [0.1, 0.15) is 29.5 Å². The fourth-order valence-electron chi connectivity index (χ4n) is 4.56. The third-order valence-corrected chi connectivity index (χ3v) is 6.63. The standard InChI is InChI=1S/C25H28ClN3O2/c1-16-5-10-21(17(2)15-16)29-24(30)22(18-6-8-19(26)9-7-18)23(25(29)31)28(4)20-11-13-27(3)14-12-20/h5-10,15,20H,11-14H2,1-4H3. The number of piperidine rings is 1. The van der Waals surface area contributed by atoms with Crippen LogP contribution in [0.15, 0.2) is 48.2 Å². The minimum Gasteiger partial charge on any atom is -0.366 e. The number of likely N-dealkylation sites (tertiary alicyclic amines) is 1. The summed E-state index contributed by atoms with van der Waals surface area (Å²) in [5.74, 6) is -0.544. The fraction of sp³-hybridized carbons (Fsp3) is 0.360. The number of halogens is 1. The van der Waals surface area contributed by atoms with Gasteiger partial charge < -0.3 is 9.80 Å². The summed E-state index contributed by atoms with van der Waals surface area (Å²) in [7, 11) is 4.05. The van der Waals surface area contributed by atoms with E-state index in [0.717, 1.165) is 37.1 Å². The van der Waals surface area contributed by atoms with Crippen LogP contribution in [0.5, 0.6) is 0 Å². The van der Waals surface area contributed by atoms with E-state index in [1.807, 2.05) is 56.1 Å². The second-order valence-electron chi connectivity index (χ2n) is 8.61. The van der Waals surface area contributed by atoms with Gasteiger partial charge in [-0.1, -0.05) is 41.4 Å². The van der Waals surface area contributed by atoms with Crippen molar-refractivity contribution in [2.24, 2.45) is 0 Å². The first kappa shape index (κ1) is 21.6. The van der Waals surface area contributed by atoms with Gasteiger partial charge in [-0.3, -0.25) is 9.59 Å². The van der Waals surface area contributed by atoms with Gasteiger partial charge in [-0.05, 0) is 76.2 Å². The number of imide groups is 1. The van der Waals surface area contributed by atoms with E-state index < -0.39 is 0 Å². The Kier molecular flexibility index (Phi) is 5.91. The zero-order valence-corrected chi connectivity index (χ0v) is 19.2. The van der Waals surface area contributed by atoms with Gasteiger partial charge >= 0.3 is 0 Å². The van der Waals surface area contributed by atoms with Gasteiger partial charge in [-0.25, -0.2) is 4.90 Å². The fourth-order valence-corrected chi connectivity index (χ4v) is 4.69. The van der Waals surface area contributed by atoms with Gasteiger partial charge in [-0.2, -0.15) is 0 Å². The Morgan fingerprint density at radius 2 is 1.61 bits per heavy atom. The van der Waals surface area contributed by atoms with Gasteiger partial charge in [-0.15, -0.1) is 0 Å². The third-order valence-electron chi connectivity index (χ3n) is 6.37. The van der Waals surface area contributed by atoms with Gasteiger partial charge in [0, 0.05) is 18.1 Å². The molecule has 0 unspecified atom stereocenters. The molecule has 0 spiro atoms. The molecule has 0 N–H and O–H groups in total. The van der Waals surface area contributed by atoms with Crippen molar-refractivity contribution in [1.29, 1.82) is 0 Å². The Hall–Kier alpha value is -2.63. The van der Waals surface area contributed by atoms with Crippen molar-refractivity contribution in [2.45, 2.75) is 32.7 Å². The zero-order chi connectivity index (χ0) is 22.3. The number of benzene rings is 2. The lowest BCUT2D eigenvalue weighted by atomic mass is 10.0. The van der Waals surface area contributed by atoms with Crippen LogP contribution in [0.2, 0.25) is 5.02 Å². The van der Waals surface area contributed by atoms with Crippen molar-refractivity contribution in [2.75, 3.05) is 32.1 Å². The molecule has 2 amide bonds. The highest BCUT2D eigenvalue weighted by Gasteiger charge is 2.43. The number of carbonyl (C=O) groups excluding carboxylic acids is 2. The van der Waals surface area contributed by atoms with E-state index in [1.54, 1.807) is 12.1 Å². The SMILES string of the molecule is Cc1ccc(N2C(=O)C(c3ccc(Cl)cc3)=C(N(C)C3CCN(C)CC3)C2=O)c(C)c1. The van der Waals surface area contributed by atoms with Gasteiger partial charge in [0.05, 0.1) is 11.3 Å². The van der Waals surface area contributed by atoms with Gasteiger partial charge in [0.15, 0.2) is 0 Å². The van der Waals surface area contributed by atoms with Gasteiger partial charge in [0.25, 0.3) is 11.8 Å². The maximum atomic E-state index is 13.7. The molecular weight excluding hydrogens is 410 g/mol. The Morgan fingerprint density at radius 3 is 2.23 bits per heavy atom. The zero-order valence-electron chi connectivity index (χ0n) is 18.5. The number of anilines is 1. The van der Waals surface area contributed by atoms with Crippen LogP contribution >= 0.6 is 11.6 Å². The molecule has 0 bridgehead atoms. The first-order valence-electron chi connectivity index (χ1n) is 10.7. The molecule has 4 rings (SSSR count). The Bertz CT molecular complexity index is 1050. The van der Waals surface area contributed by atoms with E-state index in [0.29, 0.717) is 27.5 Å². The topological polar surface area (TPSA) is 43.9 Å². The molecule has 0 aromatic heterocycles. The smallest absolute Gasteiger partial charge is 0.282 e. The van der Waals surface area contributed by atoms with Crippen molar-refractivity contribution < 1.29 is 9.59 Å². The Morgan fingerprint density at radius 1 is 0.968 bits per heavy atom. The van der Waals surface area contributed by atoms with Crippen LogP contribution in [0, 0.1) is 13.8 Å². The predicted octanol–water partition coefficient (Wildman–Crippen LogP) is 4.27. The summed E-state index contributed by atoms with van der Waals surface area (Å²) >= 11 is 6.08. The largest absolute Gasteiger partial charge is 0.366 e. The molecule has 2 aliphatic rings. The molecule has 1 saturated heterocycles. The van der Waals surface area contributed by atoms with E-state index in [1.165, 1.54) is 4.90 Å². The number of hydrogen-bond donors (Lipinski definition) is 0. The molecule has 0 atom stereocenters. The van der Waals surface area contributed by atoms with Crippen molar-refractivity contribution >= 4 is 34.7 Å². The average molecular weight is 438 g/mol. The van der Waals surface area contributed by atoms with Crippen molar-refractivity contribution in [3.8, 4) is 0 Å². The Labute approximate surface area is 188 Å². The van der Waals surface area contributed by atoms with Crippen LogP contribution in [-0.2, 0) is 9.59 Å². The molecule has 0 aliphatic carbocycles. The quantitative estimate of drug-likeness (QED) is 0.670. The van der Waals surface area contributed by atoms with E-state index in [-0.39, 0.29) is 17.9 Å². The van der Waals surface area contributed by atoms with E-state index in [2.05, 4.69) is 11.9 Å². The molecule has 2 aliphatic heterocycles. The number of nitrogens with zero attached hydrogens (tertiary/aromatic N) is 3. The summed E-state index contributed by atoms with van der Waals surface area (Å²) in [6.07, 6.45) is 1.91. The lowest BCUT2D eigenvalue weighted by molar-refractivity contribution is -0.120. The molecule has 2 aromatic carbocycles. The lowest BCUT2D eigenvalue weighted by Gasteiger charge is -2.36.